The van der Waals surface area contributed by atoms with Gasteiger partial charge >= 0.3 is 0 Å². The SMILES string of the molecule is CNc1cncc(-c2ccc(C)c(Cl)c2)n1. The Kier molecular flexibility index (Phi) is 3.06. The van der Waals surface area contributed by atoms with Crippen LogP contribution in [0.3, 0.4) is 0 Å². The summed E-state index contributed by atoms with van der Waals surface area (Å²) >= 11 is 6.07. The lowest BCUT2D eigenvalue weighted by atomic mass is 10.1. The molecule has 0 aliphatic carbocycles. The smallest absolute Gasteiger partial charge is 0.144 e. The molecule has 2 rings (SSSR count). The van der Waals surface area contributed by atoms with Gasteiger partial charge in [0.15, 0.2) is 0 Å². The number of anilines is 1. The number of hydrogen-bond acceptors (Lipinski definition) is 3. The molecule has 0 spiro atoms. The number of benzene rings is 1. The molecule has 0 saturated carbocycles. The molecule has 3 nitrogen and oxygen atoms in total. The average molecular weight is 234 g/mol. The number of hydrogen-bond donors (Lipinski definition) is 1. The molecule has 1 heterocycles. The Morgan fingerprint density at radius 2 is 2.06 bits per heavy atom. The Balaban J connectivity index is 2.46. The first-order valence-corrected chi connectivity index (χ1v) is 5.35. The number of halogens is 1. The van der Waals surface area contributed by atoms with E-state index in [1.165, 1.54) is 0 Å². The van der Waals surface area contributed by atoms with Crippen LogP contribution in [0.4, 0.5) is 5.82 Å². The molecule has 0 saturated heterocycles. The van der Waals surface area contributed by atoms with Crippen molar-refractivity contribution in [2.75, 3.05) is 12.4 Å². The van der Waals surface area contributed by atoms with Crippen LogP contribution < -0.4 is 5.32 Å². The Morgan fingerprint density at radius 1 is 1.25 bits per heavy atom. The third-order valence-electron chi connectivity index (χ3n) is 2.36. The number of aromatic nitrogens is 2. The highest BCUT2D eigenvalue weighted by molar-refractivity contribution is 6.31. The molecule has 0 unspecified atom stereocenters. The van der Waals surface area contributed by atoms with Crippen molar-refractivity contribution in [3.8, 4) is 11.3 Å². The van der Waals surface area contributed by atoms with Gasteiger partial charge in [-0.2, -0.15) is 0 Å². The highest BCUT2D eigenvalue weighted by Gasteiger charge is 2.03. The standard InChI is InChI=1S/C12H12ClN3/c1-8-3-4-9(5-10(8)13)11-6-15-7-12(14-2)16-11/h3-7H,1-2H3,(H,14,16). The second-order valence-corrected chi connectivity index (χ2v) is 3.91. The highest BCUT2D eigenvalue weighted by atomic mass is 35.5. The zero-order chi connectivity index (χ0) is 11.5. The quantitative estimate of drug-likeness (QED) is 0.866. The third kappa shape index (κ3) is 2.14. The molecule has 2 aromatic rings. The molecular formula is C12H12ClN3. The van der Waals surface area contributed by atoms with E-state index in [9.17, 15) is 0 Å². The van der Waals surface area contributed by atoms with Crippen molar-refractivity contribution < 1.29 is 0 Å². The van der Waals surface area contributed by atoms with Crippen LogP contribution in [-0.4, -0.2) is 17.0 Å². The van der Waals surface area contributed by atoms with Gasteiger partial charge in [0.2, 0.25) is 0 Å². The van der Waals surface area contributed by atoms with Gasteiger partial charge in [0, 0.05) is 17.6 Å². The summed E-state index contributed by atoms with van der Waals surface area (Å²) in [4.78, 5) is 8.52. The van der Waals surface area contributed by atoms with E-state index in [1.54, 1.807) is 12.4 Å². The maximum Gasteiger partial charge on any atom is 0.144 e. The van der Waals surface area contributed by atoms with Crippen molar-refractivity contribution in [2.45, 2.75) is 6.92 Å². The normalized spacial score (nSPS) is 10.2. The van der Waals surface area contributed by atoms with Crippen LogP contribution in [0.15, 0.2) is 30.6 Å². The molecule has 0 aliphatic heterocycles. The van der Waals surface area contributed by atoms with Gasteiger partial charge in [-0.25, -0.2) is 4.98 Å². The molecule has 0 bridgehead atoms. The van der Waals surface area contributed by atoms with Gasteiger partial charge in [0.25, 0.3) is 0 Å². The first kappa shape index (κ1) is 10.9. The van der Waals surface area contributed by atoms with E-state index < -0.39 is 0 Å². The molecule has 82 valence electrons. The Hall–Kier alpha value is -1.61. The van der Waals surface area contributed by atoms with Gasteiger partial charge in [0.1, 0.15) is 5.82 Å². The predicted octanol–water partition coefficient (Wildman–Crippen LogP) is 3.15. The molecule has 0 amide bonds. The number of aryl methyl sites for hydroxylation is 1. The van der Waals surface area contributed by atoms with Crippen LogP contribution in [0.1, 0.15) is 5.56 Å². The molecule has 0 aliphatic rings. The van der Waals surface area contributed by atoms with E-state index in [0.29, 0.717) is 0 Å². The topological polar surface area (TPSA) is 37.8 Å². The highest BCUT2D eigenvalue weighted by Crippen LogP contribution is 2.23. The average Bonchev–Trinajstić information content (AvgIpc) is 2.33. The van der Waals surface area contributed by atoms with E-state index in [1.807, 2.05) is 32.2 Å². The Morgan fingerprint density at radius 3 is 2.75 bits per heavy atom. The lowest BCUT2D eigenvalue weighted by Gasteiger charge is -2.05. The van der Waals surface area contributed by atoms with Gasteiger partial charge < -0.3 is 5.32 Å². The van der Waals surface area contributed by atoms with E-state index in [4.69, 9.17) is 11.6 Å². The fourth-order valence-electron chi connectivity index (χ4n) is 1.38. The zero-order valence-electron chi connectivity index (χ0n) is 9.16. The van der Waals surface area contributed by atoms with Crippen molar-refractivity contribution in [1.29, 1.82) is 0 Å². The molecule has 0 atom stereocenters. The summed E-state index contributed by atoms with van der Waals surface area (Å²) in [5.74, 6) is 0.745. The summed E-state index contributed by atoms with van der Waals surface area (Å²) in [6.45, 7) is 1.97. The maximum atomic E-state index is 6.07. The van der Waals surface area contributed by atoms with Gasteiger partial charge in [-0.15, -0.1) is 0 Å². The van der Waals surface area contributed by atoms with Gasteiger partial charge in [-0.05, 0) is 18.6 Å². The van der Waals surface area contributed by atoms with Crippen molar-refractivity contribution >= 4 is 17.4 Å². The van der Waals surface area contributed by atoms with Crippen molar-refractivity contribution in [2.24, 2.45) is 0 Å². The Labute approximate surface area is 99.5 Å². The molecule has 1 aromatic carbocycles. The largest absolute Gasteiger partial charge is 0.372 e. The molecule has 1 aromatic heterocycles. The molecule has 1 N–H and O–H groups in total. The molecular weight excluding hydrogens is 222 g/mol. The minimum atomic E-state index is 0.745. The fourth-order valence-corrected chi connectivity index (χ4v) is 1.56. The van der Waals surface area contributed by atoms with E-state index in [2.05, 4.69) is 15.3 Å². The number of nitrogens with zero attached hydrogens (tertiary/aromatic N) is 2. The van der Waals surface area contributed by atoms with Crippen molar-refractivity contribution in [3.63, 3.8) is 0 Å². The van der Waals surface area contributed by atoms with Gasteiger partial charge in [0.05, 0.1) is 18.1 Å². The number of rotatable bonds is 2. The summed E-state index contributed by atoms with van der Waals surface area (Å²) in [6.07, 6.45) is 3.40. The van der Waals surface area contributed by atoms with Crippen LogP contribution in [0.25, 0.3) is 11.3 Å². The van der Waals surface area contributed by atoms with E-state index in [-0.39, 0.29) is 0 Å². The zero-order valence-corrected chi connectivity index (χ0v) is 9.92. The van der Waals surface area contributed by atoms with Gasteiger partial charge in [-0.3, -0.25) is 4.98 Å². The Bertz CT molecular complexity index is 511. The lowest BCUT2D eigenvalue weighted by molar-refractivity contribution is 1.19. The first-order chi connectivity index (χ1) is 7.70. The van der Waals surface area contributed by atoms with Crippen LogP contribution in [-0.2, 0) is 0 Å². The summed E-state index contributed by atoms with van der Waals surface area (Å²) in [5, 5.41) is 3.70. The lowest BCUT2D eigenvalue weighted by Crippen LogP contribution is -1.95. The molecule has 0 radical (unpaired) electrons. The maximum absolute atomic E-state index is 6.07. The summed E-state index contributed by atoms with van der Waals surface area (Å²) in [6, 6.07) is 5.87. The number of nitrogens with one attached hydrogen (secondary N) is 1. The second-order valence-electron chi connectivity index (χ2n) is 3.50. The minimum absolute atomic E-state index is 0.745. The van der Waals surface area contributed by atoms with Crippen molar-refractivity contribution in [1.82, 2.24) is 9.97 Å². The van der Waals surface area contributed by atoms with Crippen molar-refractivity contribution in [3.05, 3.63) is 41.2 Å². The van der Waals surface area contributed by atoms with Crippen LogP contribution >= 0.6 is 11.6 Å². The fraction of sp³-hybridized carbons (Fsp3) is 0.167. The van der Waals surface area contributed by atoms with E-state index in [0.717, 1.165) is 27.7 Å². The summed E-state index contributed by atoms with van der Waals surface area (Å²) in [5.41, 5.74) is 2.84. The van der Waals surface area contributed by atoms with Crippen LogP contribution in [0.5, 0.6) is 0 Å². The van der Waals surface area contributed by atoms with Crippen LogP contribution in [0.2, 0.25) is 5.02 Å². The van der Waals surface area contributed by atoms with Gasteiger partial charge in [-0.1, -0.05) is 23.7 Å². The monoisotopic (exact) mass is 233 g/mol. The first-order valence-electron chi connectivity index (χ1n) is 4.97. The second kappa shape index (κ2) is 4.49. The van der Waals surface area contributed by atoms with Crippen LogP contribution in [0, 0.1) is 6.92 Å². The summed E-state index contributed by atoms with van der Waals surface area (Å²) in [7, 11) is 1.82. The van der Waals surface area contributed by atoms with E-state index >= 15 is 0 Å². The molecule has 16 heavy (non-hydrogen) atoms. The molecule has 0 fully saturated rings. The molecule has 4 heteroatoms. The summed E-state index contributed by atoms with van der Waals surface area (Å²) < 4.78 is 0. The third-order valence-corrected chi connectivity index (χ3v) is 2.77. The minimum Gasteiger partial charge on any atom is -0.372 e. The predicted molar refractivity (Wildman–Crippen MR) is 66.8 cm³/mol.